The third kappa shape index (κ3) is 4.80. The zero-order chi connectivity index (χ0) is 22.0. The van der Waals surface area contributed by atoms with Crippen LogP contribution in [0.3, 0.4) is 0 Å². The number of carbonyl (C=O) groups is 2. The minimum Gasteiger partial charge on any atom is -0.453 e. The van der Waals surface area contributed by atoms with E-state index in [1.54, 1.807) is 12.1 Å². The number of nitrogen functional groups attached to an aromatic ring is 1. The summed E-state index contributed by atoms with van der Waals surface area (Å²) in [6.07, 6.45) is -0.576. The van der Waals surface area contributed by atoms with Crippen molar-refractivity contribution in [1.29, 1.82) is 0 Å². The lowest BCUT2D eigenvalue weighted by molar-refractivity contribution is -0.153. The van der Waals surface area contributed by atoms with Gasteiger partial charge in [0.1, 0.15) is 0 Å². The normalized spacial score (nSPS) is 12.0. The van der Waals surface area contributed by atoms with Crippen molar-refractivity contribution in [3.8, 4) is 0 Å². The summed E-state index contributed by atoms with van der Waals surface area (Å²) in [7, 11) is 0. The van der Waals surface area contributed by atoms with Crippen molar-refractivity contribution in [3.63, 3.8) is 0 Å². The van der Waals surface area contributed by atoms with E-state index in [9.17, 15) is 9.59 Å². The minimum absolute atomic E-state index is 0.0641. The lowest BCUT2D eigenvalue weighted by Crippen LogP contribution is -2.30. The van der Waals surface area contributed by atoms with Crippen molar-refractivity contribution < 1.29 is 14.3 Å². The quantitative estimate of drug-likeness (QED) is 0.552. The summed E-state index contributed by atoms with van der Waals surface area (Å²) in [5, 5.41) is 7.44. The fraction of sp³-hybridized carbons (Fsp3) is 0.316. The summed E-state index contributed by atoms with van der Waals surface area (Å²) in [6, 6.07) is 4.68. The van der Waals surface area contributed by atoms with Crippen LogP contribution in [0, 0.1) is 13.8 Å². The number of rotatable bonds is 6. The lowest BCUT2D eigenvalue weighted by Gasteiger charge is -2.15. The lowest BCUT2D eigenvalue weighted by atomic mass is 10.1. The smallest absolute Gasteiger partial charge is 0.306 e. The maximum absolute atomic E-state index is 12.3. The highest BCUT2D eigenvalue weighted by molar-refractivity contribution is 6.35. The molecule has 0 radical (unpaired) electrons. The number of nitrogens with one attached hydrogen (secondary N) is 1. The highest BCUT2D eigenvalue weighted by Gasteiger charge is 2.20. The number of anilines is 2. The largest absolute Gasteiger partial charge is 0.453 e. The first kappa shape index (κ1) is 21.8. The number of carbonyl (C=O) groups excluding carboxylic acids is 2. The Morgan fingerprint density at radius 2 is 2.00 bits per heavy atom. The van der Waals surface area contributed by atoms with Crippen LogP contribution in [0.2, 0.25) is 10.0 Å². The van der Waals surface area contributed by atoms with Crippen LogP contribution < -0.4 is 11.1 Å². The number of esters is 1. The molecule has 1 amide bonds. The average molecular weight is 451 g/mol. The van der Waals surface area contributed by atoms with Gasteiger partial charge in [0.25, 0.3) is 11.7 Å². The average Bonchev–Trinajstić information content (AvgIpc) is 3.04. The number of aryl methyl sites for hydroxylation is 2. The molecular weight excluding hydrogens is 431 g/mol. The topological polar surface area (TPSA) is 124 Å². The predicted molar refractivity (Wildman–Crippen MR) is 114 cm³/mol. The summed E-state index contributed by atoms with van der Waals surface area (Å²) in [5.41, 5.74) is 8.32. The number of amides is 1. The summed E-state index contributed by atoms with van der Waals surface area (Å²) in [6.45, 7) is 5.15. The van der Waals surface area contributed by atoms with E-state index >= 15 is 0 Å². The fourth-order valence-corrected chi connectivity index (χ4v) is 3.29. The highest BCUT2D eigenvalue weighted by atomic mass is 35.5. The molecule has 0 saturated heterocycles. The molecule has 0 aliphatic rings. The molecule has 3 rings (SSSR count). The summed E-state index contributed by atoms with van der Waals surface area (Å²) in [4.78, 5) is 33.0. The number of halogens is 2. The van der Waals surface area contributed by atoms with Crippen LogP contribution in [0.25, 0.3) is 5.78 Å². The van der Waals surface area contributed by atoms with Crippen molar-refractivity contribution in [3.05, 3.63) is 45.2 Å². The van der Waals surface area contributed by atoms with Crippen molar-refractivity contribution in [2.24, 2.45) is 0 Å². The molecule has 0 spiro atoms. The predicted octanol–water partition coefficient (Wildman–Crippen LogP) is 3.13. The van der Waals surface area contributed by atoms with Crippen LogP contribution >= 0.6 is 23.2 Å². The van der Waals surface area contributed by atoms with E-state index in [4.69, 9.17) is 33.7 Å². The van der Waals surface area contributed by atoms with Crippen LogP contribution in [0.15, 0.2) is 18.2 Å². The maximum atomic E-state index is 12.3. The number of nitrogens with two attached hydrogens (primary N) is 1. The first-order valence-corrected chi connectivity index (χ1v) is 9.85. The van der Waals surface area contributed by atoms with E-state index in [1.807, 2.05) is 13.8 Å². The molecule has 0 unspecified atom stereocenters. The van der Waals surface area contributed by atoms with Crippen LogP contribution in [-0.4, -0.2) is 37.6 Å². The third-order valence-electron chi connectivity index (χ3n) is 4.51. The van der Waals surface area contributed by atoms with Crippen molar-refractivity contribution in [2.75, 3.05) is 11.1 Å². The Morgan fingerprint density at radius 1 is 1.27 bits per heavy atom. The monoisotopic (exact) mass is 450 g/mol. The van der Waals surface area contributed by atoms with Crippen LogP contribution in [0.5, 0.6) is 0 Å². The van der Waals surface area contributed by atoms with Crippen molar-refractivity contribution >= 4 is 52.5 Å². The van der Waals surface area contributed by atoms with Gasteiger partial charge in [0.15, 0.2) is 6.10 Å². The van der Waals surface area contributed by atoms with E-state index in [0.717, 1.165) is 17.0 Å². The van der Waals surface area contributed by atoms with Gasteiger partial charge in [0, 0.05) is 22.8 Å². The molecule has 2 heterocycles. The zero-order valence-electron chi connectivity index (χ0n) is 16.6. The Hall–Kier alpha value is -2.91. The Bertz CT molecular complexity index is 1130. The molecule has 1 aromatic carbocycles. The molecule has 0 bridgehead atoms. The first-order chi connectivity index (χ1) is 14.2. The number of ether oxygens (including phenoxy) is 1. The molecule has 158 valence electrons. The molecule has 3 N–H and O–H groups in total. The van der Waals surface area contributed by atoms with Gasteiger partial charge in [-0.3, -0.25) is 9.59 Å². The Balaban J connectivity index is 1.61. The van der Waals surface area contributed by atoms with Crippen LogP contribution in [0.4, 0.5) is 11.6 Å². The summed E-state index contributed by atoms with van der Waals surface area (Å²) in [5.74, 6) is -0.507. The Labute approximate surface area is 182 Å². The SMILES string of the molecule is Cc1nc2nc(N)nn2c(C)c1CCC(=O)O[C@@H](C)C(=O)Nc1cc(Cl)ccc1Cl. The molecule has 0 aliphatic heterocycles. The standard InChI is InChI=1S/C19H20Cl2N6O3/c1-9-13(10(2)27-19(23-9)25-18(22)26-27)5-7-16(28)30-11(3)17(29)24-15-8-12(20)4-6-14(15)21/h4,6,8,11H,5,7H2,1-3H3,(H2,22,26)(H,24,29)/t11-/m0/s1. The number of fused-ring (bicyclic) bond motifs is 1. The van der Waals surface area contributed by atoms with E-state index in [0.29, 0.717) is 27.9 Å². The van der Waals surface area contributed by atoms with Gasteiger partial charge in [-0.2, -0.15) is 9.50 Å². The van der Waals surface area contributed by atoms with E-state index < -0.39 is 18.0 Å². The molecule has 30 heavy (non-hydrogen) atoms. The van der Waals surface area contributed by atoms with Gasteiger partial charge in [-0.1, -0.05) is 23.2 Å². The molecule has 0 saturated carbocycles. The molecule has 11 heteroatoms. The zero-order valence-corrected chi connectivity index (χ0v) is 18.1. The molecule has 0 fully saturated rings. The molecule has 1 atom stereocenters. The van der Waals surface area contributed by atoms with Crippen molar-refractivity contribution in [1.82, 2.24) is 19.6 Å². The number of hydrogen-bond acceptors (Lipinski definition) is 7. The van der Waals surface area contributed by atoms with Gasteiger partial charge in [-0.15, -0.1) is 5.10 Å². The fourth-order valence-electron chi connectivity index (χ4n) is 2.95. The maximum Gasteiger partial charge on any atom is 0.306 e. The third-order valence-corrected chi connectivity index (χ3v) is 5.07. The summed E-state index contributed by atoms with van der Waals surface area (Å²) >= 11 is 11.9. The first-order valence-electron chi connectivity index (χ1n) is 9.09. The number of aromatic nitrogens is 4. The van der Waals surface area contributed by atoms with Gasteiger partial charge >= 0.3 is 5.97 Å². The van der Waals surface area contributed by atoms with E-state index in [-0.39, 0.29) is 12.4 Å². The Kier molecular flexibility index (Phi) is 6.42. The molecule has 3 aromatic rings. The Morgan fingerprint density at radius 3 is 2.73 bits per heavy atom. The molecule has 0 aliphatic carbocycles. The summed E-state index contributed by atoms with van der Waals surface area (Å²) < 4.78 is 6.78. The second-order valence-electron chi connectivity index (χ2n) is 6.69. The van der Waals surface area contributed by atoms with Gasteiger partial charge < -0.3 is 15.8 Å². The highest BCUT2D eigenvalue weighted by Crippen LogP contribution is 2.25. The van der Waals surface area contributed by atoms with Gasteiger partial charge in [-0.05, 0) is 51.0 Å². The van der Waals surface area contributed by atoms with Gasteiger partial charge in [-0.25, -0.2) is 4.98 Å². The second kappa shape index (κ2) is 8.85. The van der Waals surface area contributed by atoms with Crippen LogP contribution in [0.1, 0.15) is 30.3 Å². The minimum atomic E-state index is -1.01. The van der Waals surface area contributed by atoms with Gasteiger partial charge in [0.05, 0.1) is 10.7 Å². The molecule has 9 nitrogen and oxygen atoms in total. The second-order valence-corrected chi connectivity index (χ2v) is 7.53. The van der Waals surface area contributed by atoms with Gasteiger partial charge in [0.2, 0.25) is 5.95 Å². The molecule has 2 aromatic heterocycles. The van der Waals surface area contributed by atoms with Crippen molar-refractivity contribution in [2.45, 2.75) is 39.7 Å². The number of benzene rings is 1. The van der Waals surface area contributed by atoms with Crippen LogP contribution in [-0.2, 0) is 20.7 Å². The van der Waals surface area contributed by atoms with E-state index in [2.05, 4.69) is 20.4 Å². The number of hydrogen-bond donors (Lipinski definition) is 2. The molecular formula is C19H20Cl2N6O3. The number of nitrogens with zero attached hydrogens (tertiary/aromatic N) is 4. The van der Waals surface area contributed by atoms with E-state index in [1.165, 1.54) is 17.5 Å².